The third kappa shape index (κ3) is 1.07. The van der Waals surface area contributed by atoms with E-state index in [0.29, 0.717) is 0 Å². The normalized spacial score (nSPS) is 16.4. The van der Waals surface area contributed by atoms with Crippen LogP contribution in [-0.2, 0) is 17.6 Å². The maximum atomic E-state index is 10.4. The molecule has 1 aromatic carbocycles. The molecule has 0 aromatic heterocycles. The first kappa shape index (κ1) is 6.59. The minimum absolute atomic E-state index is 0.118. The summed E-state index contributed by atoms with van der Waals surface area (Å²) in [6, 6.07) is 8.22. The lowest BCUT2D eigenvalue weighted by atomic mass is 10.1. The van der Waals surface area contributed by atoms with Gasteiger partial charge in [-0.3, -0.25) is 4.79 Å². The van der Waals surface area contributed by atoms with E-state index in [4.69, 9.17) is 0 Å². The van der Waals surface area contributed by atoms with Gasteiger partial charge in [-0.15, -0.1) is 0 Å². The van der Waals surface area contributed by atoms with Crippen molar-refractivity contribution in [2.45, 2.75) is 12.8 Å². The molecule has 1 nitrogen and oxygen atoms in total. The van der Waals surface area contributed by atoms with Gasteiger partial charge in [-0.1, -0.05) is 24.3 Å². The molecule has 55 valence electrons. The van der Waals surface area contributed by atoms with Gasteiger partial charge in [0.2, 0.25) is 6.29 Å². The third-order valence-corrected chi connectivity index (χ3v) is 2.22. The van der Waals surface area contributed by atoms with Gasteiger partial charge < -0.3 is 0 Å². The molecule has 0 aliphatic heterocycles. The number of hydrogen-bond acceptors (Lipinski definition) is 1. The molecule has 0 bridgehead atoms. The molecule has 11 heavy (non-hydrogen) atoms. The van der Waals surface area contributed by atoms with Gasteiger partial charge in [0.05, 0.1) is 0 Å². The lowest BCUT2D eigenvalue weighted by Crippen LogP contribution is -1.99. The Labute approximate surface area is 66.0 Å². The molecule has 0 saturated heterocycles. The number of benzene rings is 1. The zero-order valence-electron chi connectivity index (χ0n) is 6.21. The van der Waals surface area contributed by atoms with Gasteiger partial charge in [0.25, 0.3) is 0 Å². The lowest BCUT2D eigenvalue weighted by molar-refractivity contribution is 0.525. The van der Waals surface area contributed by atoms with Gasteiger partial charge in [-0.25, -0.2) is 0 Å². The van der Waals surface area contributed by atoms with Gasteiger partial charge in [0, 0.05) is 5.92 Å². The highest BCUT2D eigenvalue weighted by atomic mass is 16.1. The van der Waals surface area contributed by atoms with Crippen LogP contribution in [0.5, 0.6) is 0 Å². The minimum Gasteiger partial charge on any atom is -0.291 e. The van der Waals surface area contributed by atoms with Crippen LogP contribution in [0.1, 0.15) is 11.1 Å². The van der Waals surface area contributed by atoms with Crippen LogP contribution >= 0.6 is 0 Å². The van der Waals surface area contributed by atoms with Crippen molar-refractivity contribution in [3.05, 3.63) is 35.4 Å². The van der Waals surface area contributed by atoms with E-state index in [1.54, 1.807) is 0 Å². The van der Waals surface area contributed by atoms with E-state index in [9.17, 15) is 4.79 Å². The van der Waals surface area contributed by atoms with Crippen LogP contribution in [0.2, 0.25) is 0 Å². The Bertz CT molecular complexity index is 253. The smallest absolute Gasteiger partial charge is 0.202 e. The van der Waals surface area contributed by atoms with E-state index in [1.807, 2.05) is 12.1 Å². The molecule has 0 heterocycles. The van der Waals surface area contributed by atoms with Crippen molar-refractivity contribution in [1.29, 1.82) is 0 Å². The van der Waals surface area contributed by atoms with Crippen LogP contribution in [0, 0.1) is 5.92 Å². The summed E-state index contributed by atoms with van der Waals surface area (Å²) < 4.78 is 0. The predicted molar refractivity (Wildman–Crippen MR) is 43.0 cm³/mol. The summed E-state index contributed by atoms with van der Waals surface area (Å²) in [6.07, 6.45) is 3.84. The molecule has 1 heteroatoms. The van der Waals surface area contributed by atoms with Crippen LogP contribution in [0.4, 0.5) is 0 Å². The summed E-state index contributed by atoms with van der Waals surface area (Å²) >= 11 is 0. The molecule has 1 aliphatic rings. The molecule has 1 aromatic rings. The van der Waals surface area contributed by atoms with E-state index < -0.39 is 0 Å². The largest absolute Gasteiger partial charge is 0.291 e. The summed E-state index contributed by atoms with van der Waals surface area (Å²) in [6.45, 7) is 0. The molecule has 0 spiro atoms. The fourth-order valence-corrected chi connectivity index (χ4v) is 1.64. The highest BCUT2D eigenvalue weighted by Crippen LogP contribution is 2.24. The SMILES string of the molecule is O=[C]C1Cc2ccccc2C1. The van der Waals surface area contributed by atoms with E-state index >= 15 is 0 Å². The summed E-state index contributed by atoms with van der Waals surface area (Å²) in [7, 11) is 0. The second-order valence-electron chi connectivity index (χ2n) is 2.99. The Balaban J connectivity index is 2.33. The maximum Gasteiger partial charge on any atom is 0.202 e. The molecule has 1 aliphatic carbocycles. The highest BCUT2D eigenvalue weighted by molar-refractivity contribution is 5.58. The topological polar surface area (TPSA) is 17.1 Å². The van der Waals surface area contributed by atoms with Crippen molar-refractivity contribution in [2.75, 3.05) is 0 Å². The molecule has 0 saturated carbocycles. The second-order valence-corrected chi connectivity index (χ2v) is 2.99. The summed E-state index contributed by atoms with van der Waals surface area (Å²) in [5, 5.41) is 0. The lowest BCUT2D eigenvalue weighted by Gasteiger charge is -1.92. The highest BCUT2D eigenvalue weighted by Gasteiger charge is 2.20. The number of fused-ring (bicyclic) bond motifs is 1. The van der Waals surface area contributed by atoms with Gasteiger partial charge in [0.15, 0.2) is 0 Å². The maximum absolute atomic E-state index is 10.4. The van der Waals surface area contributed by atoms with Crippen molar-refractivity contribution in [3.63, 3.8) is 0 Å². The Morgan fingerprint density at radius 1 is 1.18 bits per heavy atom. The van der Waals surface area contributed by atoms with E-state index in [-0.39, 0.29) is 5.92 Å². The van der Waals surface area contributed by atoms with Gasteiger partial charge in [-0.05, 0) is 24.0 Å². The number of rotatable bonds is 1. The first-order chi connectivity index (χ1) is 5.40. The predicted octanol–water partition coefficient (Wildman–Crippen LogP) is 1.51. The van der Waals surface area contributed by atoms with Gasteiger partial charge >= 0.3 is 0 Å². The first-order valence-corrected chi connectivity index (χ1v) is 3.84. The molecule has 0 atom stereocenters. The Hall–Kier alpha value is -1.11. The van der Waals surface area contributed by atoms with Crippen molar-refractivity contribution in [3.8, 4) is 0 Å². The standard InChI is InChI=1S/C10H9O/c11-7-8-5-9-3-1-2-4-10(9)6-8/h1-4,8H,5-6H2. The van der Waals surface area contributed by atoms with Crippen LogP contribution in [0.3, 0.4) is 0 Å². The van der Waals surface area contributed by atoms with E-state index in [1.165, 1.54) is 11.1 Å². The van der Waals surface area contributed by atoms with Crippen LogP contribution in [-0.4, -0.2) is 6.29 Å². The first-order valence-electron chi connectivity index (χ1n) is 3.84. The quantitative estimate of drug-likeness (QED) is 0.585. The van der Waals surface area contributed by atoms with Crippen molar-refractivity contribution in [1.82, 2.24) is 0 Å². The molecular weight excluding hydrogens is 136 g/mol. The van der Waals surface area contributed by atoms with Crippen LogP contribution < -0.4 is 0 Å². The van der Waals surface area contributed by atoms with Gasteiger partial charge in [0.1, 0.15) is 0 Å². The van der Waals surface area contributed by atoms with Crippen molar-refractivity contribution >= 4 is 6.29 Å². The summed E-state index contributed by atoms with van der Waals surface area (Å²) in [5.41, 5.74) is 2.64. The molecular formula is C10H9O. The Morgan fingerprint density at radius 3 is 2.18 bits per heavy atom. The fraction of sp³-hybridized carbons (Fsp3) is 0.300. The average Bonchev–Trinajstić information content (AvgIpc) is 2.46. The molecule has 1 radical (unpaired) electrons. The molecule has 0 amide bonds. The second kappa shape index (κ2) is 2.50. The van der Waals surface area contributed by atoms with Gasteiger partial charge in [-0.2, -0.15) is 0 Å². The molecule has 0 fully saturated rings. The minimum atomic E-state index is 0.118. The molecule has 0 unspecified atom stereocenters. The average molecular weight is 145 g/mol. The van der Waals surface area contributed by atoms with Crippen LogP contribution in [0.15, 0.2) is 24.3 Å². The molecule has 2 rings (SSSR count). The fourth-order valence-electron chi connectivity index (χ4n) is 1.64. The number of hydrogen-bond donors (Lipinski definition) is 0. The Kier molecular flexibility index (Phi) is 1.50. The van der Waals surface area contributed by atoms with E-state index in [0.717, 1.165) is 12.8 Å². The van der Waals surface area contributed by atoms with Crippen molar-refractivity contribution in [2.24, 2.45) is 5.92 Å². The zero-order valence-corrected chi connectivity index (χ0v) is 6.21. The monoisotopic (exact) mass is 145 g/mol. The van der Waals surface area contributed by atoms with Crippen molar-refractivity contribution < 1.29 is 4.79 Å². The van der Waals surface area contributed by atoms with E-state index in [2.05, 4.69) is 18.4 Å². The Morgan fingerprint density at radius 2 is 1.73 bits per heavy atom. The summed E-state index contributed by atoms with van der Waals surface area (Å²) in [4.78, 5) is 10.4. The number of carbonyl (C=O) groups excluding carboxylic acids is 1. The zero-order chi connectivity index (χ0) is 7.68. The van der Waals surface area contributed by atoms with Crippen LogP contribution in [0.25, 0.3) is 0 Å². The third-order valence-electron chi connectivity index (χ3n) is 2.22. The summed E-state index contributed by atoms with van der Waals surface area (Å²) in [5.74, 6) is 0.118. The molecule has 0 N–H and O–H groups in total.